The first kappa shape index (κ1) is 19.4. The summed E-state index contributed by atoms with van der Waals surface area (Å²) in [5.74, 6) is 2.71. The Kier molecular flexibility index (Phi) is 5.13. The summed E-state index contributed by atoms with van der Waals surface area (Å²) in [5.41, 5.74) is 7.08. The minimum Gasteiger partial charge on any atom is -0.351 e. The number of aromatic nitrogens is 3. The number of anilines is 1. The van der Waals surface area contributed by atoms with Crippen LogP contribution >= 0.6 is 0 Å². The maximum atomic E-state index is 4.85. The quantitative estimate of drug-likeness (QED) is 0.699. The average Bonchev–Trinajstić information content (AvgIpc) is 3.16. The Balaban J connectivity index is 1.41. The van der Waals surface area contributed by atoms with Crippen LogP contribution in [0.2, 0.25) is 0 Å². The van der Waals surface area contributed by atoms with Gasteiger partial charge in [0.15, 0.2) is 5.82 Å². The molecular formula is C25H31N5. The van der Waals surface area contributed by atoms with Gasteiger partial charge in [0.25, 0.3) is 0 Å². The van der Waals surface area contributed by atoms with Crippen LogP contribution in [0.25, 0.3) is 5.57 Å². The molecule has 1 unspecified atom stereocenters. The zero-order valence-electron chi connectivity index (χ0n) is 18.3. The normalized spacial score (nSPS) is 21.1. The van der Waals surface area contributed by atoms with E-state index in [1.807, 2.05) is 12.4 Å². The van der Waals surface area contributed by atoms with Crippen molar-refractivity contribution in [1.29, 1.82) is 0 Å². The Labute approximate surface area is 179 Å². The van der Waals surface area contributed by atoms with Crippen LogP contribution in [-0.2, 0) is 6.42 Å². The van der Waals surface area contributed by atoms with Crippen LogP contribution in [0, 0.1) is 5.92 Å². The van der Waals surface area contributed by atoms with Crippen molar-refractivity contribution in [2.45, 2.75) is 77.7 Å². The third kappa shape index (κ3) is 3.66. The molecule has 0 radical (unpaired) electrons. The zero-order valence-corrected chi connectivity index (χ0v) is 18.3. The molecule has 3 aliphatic rings. The van der Waals surface area contributed by atoms with E-state index < -0.39 is 0 Å². The van der Waals surface area contributed by atoms with Crippen LogP contribution in [-0.4, -0.2) is 26.7 Å². The molecule has 156 valence electrons. The van der Waals surface area contributed by atoms with Crippen LogP contribution in [0.5, 0.6) is 0 Å². The molecule has 0 spiro atoms. The smallest absolute Gasteiger partial charge is 0.223 e. The molecule has 0 amide bonds. The molecule has 0 bridgehead atoms. The molecule has 1 saturated carbocycles. The van der Waals surface area contributed by atoms with Crippen molar-refractivity contribution in [1.82, 2.24) is 15.0 Å². The molecule has 5 heteroatoms. The number of rotatable bonds is 4. The molecular weight excluding hydrogens is 370 g/mol. The van der Waals surface area contributed by atoms with Gasteiger partial charge in [-0.2, -0.15) is 0 Å². The van der Waals surface area contributed by atoms with Gasteiger partial charge in [-0.25, -0.2) is 19.9 Å². The minimum atomic E-state index is 0.477. The first-order chi connectivity index (χ1) is 14.6. The fourth-order valence-electron chi connectivity index (χ4n) is 5.12. The summed E-state index contributed by atoms with van der Waals surface area (Å²) in [6, 6.07) is 2.82. The maximum Gasteiger partial charge on any atom is 0.223 e. The van der Waals surface area contributed by atoms with E-state index in [2.05, 4.69) is 43.2 Å². The highest BCUT2D eigenvalue weighted by Crippen LogP contribution is 2.40. The lowest BCUT2D eigenvalue weighted by atomic mass is 9.82. The number of nitrogens with zero attached hydrogens (tertiary/aromatic N) is 4. The summed E-state index contributed by atoms with van der Waals surface area (Å²) >= 11 is 0. The van der Waals surface area contributed by atoms with E-state index in [4.69, 9.17) is 15.0 Å². The van der Waals surface area contributed by atoms with E-state index in [-0.39, 0.29) is 0 Å². The van der Waals surface area contributed by atoms with E-state index in [9.17, 15) is 0 Å². The van der Waals surface area contributed by atoms with E-state index >= 15 is 0 Å². The monoisotopic (exact) mass is 401 g/mol. The number of hydrogen-bond acceptors (Lipinski definition) is 5. The fraction of sp³-hybridized carbons (Fsp3) is 0.520. The predicted octanol–water partition coefficient (Wildman–Crippen LogP) is 5.84. The summed E-state index contributed by atoms with van der Waals surface area (Å²) in [4.78, 5) is 18.9. The van der Waals surface area contributed by atoms with Gasteiger partial charge in [-0.1, -0.05) is 39.2 Å². The van der Waals surface area contributed by atoms with Crippen molar-refractivity contribution in [3.8, 4) is 0 Å². The maximum absolute atomic E-state index is 4.85. The molecule has 2 aromatic rings. The zero-order chi connectivity index (χ0) is 20.7. The topological polar surface area (TPSA) is 63.1 Å². The number of hydrogen-bond donors (Lipinski definition) is 1. The van der Waals surface area contributed by atoms with Crippen LogP contribution in [0.1, 0.15) is 87.6 Å². The molecule has 5 rings (SSSR count). The Morgan fingerprint density at radius 3 is 2.70 bits per heavy atom. The van der Waals surface area contributed by atoms with Crippen LogP contribution in [0.3, 0.4) is 0 Å². The van der Waals surface area contributed by atoms with Crippen molar-refractivity contribution in [3.63, 3.8) is 0 Å². The van der Waals surface area contributed by atoms with Gasteiger partial charge in [-0.15, -0.1) is 0 Å². The first-order valence-corrected chi connectivity index (χ1v) is 11.5. The molecule has 3 heterocycles. The highest BCUT2D eigenvalue weighted by atomic mass is 15.1. The van der Waals surface area contributed by atoms with Gasteiger partial charge in [0.2, 0.25) is 5.95 Å². The highest BCUT2D eigenvalue weighted by Gasteiger charge is 2.27. The molecule has 1 aliphatic heterocycles. The molecule has 1 fully saturated rings. The molecule has 1 N–H and O–H groups in total. The number of pyridine rings is 1. The summed E-state index contributed by atoms with van der Waals surface area (Å²) in [6.07, 6.45) is 14.5. The second-order valence-electron chi connectivity index (χ2n) is 9.39. The van der Waals surface area contributed by atoms with Crippen molar-refractivity contribution in [2.24, 2.45) is 10.9 Å². The Hall–Kier alpha value is -2.56. The van der Waals surface area contributed by atoms with Crippen LogP contribution in [0.15, 0.2) is 29.5 Å². The van der Waals surface area contributed by atoms with Crippen molar-refractivity contribution in [3.05, 3.63) is 46.9 Å². The highest BCUT2D eigenvalue weighted by molar-refractivity contribution is 5.88. The third-order valence-electron chi connectivity index (χ3n) is 6.82. The standard InChI is InChI=1S/C25H31N5/c1-15(2)20-11-16(3)28-24-21(20)12-17(13-26-24)19-9-10-23-22(19)14-27-25(30-23)29-18-7-5-4-6-8-18/h9,12-15,18,20H,4-8,10-11H2,1-3H3,(H,27,29,30). The second kappa shape index (κ2) is 7.93. The number of fused-ring (bicyclic) bond motifs is 2. The molecule has 2 aromatic heterocycles. The van der Waals surface area contributed by atoms with Gasteiger partial charge in [0, 0.05) is 47.3 Å². The number of aliphatic imine (C=N–C) groups is 1. The molecule has 2 aliphatic carbocycles. The van der Waals surface area contributed by atoms with E-state index in [0.29, 0.717) is 17.9 Å². The van der Waals surface area contributed by atoms with E-state index in [0.717, 1.165) is 41.4 Å². The Morgan fingerprint density at radius 2 is 1.90 bits per heavy atom. The Morgan fingerprint density at radius 1 is 1.07 bits per heavy atom. The molecule has 30 heavy (non-hydrogen) atoms. The van der Waals surface area contributed by atoms with Gasteiger partial charge < -0.3 is 5.32 Å². The molecule has 5 nitrogen and oxygen atoms in total. The fourth-order valence-corrected chi connectivity index (χ4v) is 5.12. The third-order valence-corrected chi connectivity index (χ3v) is 6.82. The van der Waals surface area contributed by atoms with Crippen molar-refractivity contribution < 1.29 is 0 Å². The van der Waals surface area contributed by atoms with Crippen LogP contribution < -0.4 is 5.32 Å². The Bertz CT molecular complexity index is 1010. The van der Waals surface area contributed by atoms with Gasteiger partial charge in [0.1, 0.15) is 0 Å². The SMILES string of the molecule is CC1=Nc2ncc(C3=CCc4nc(NC5CCCCC5)ncc43)cc2C(C(C)C)C1. The summed E-state index contributed by atoms with van der Waals surface area (Å²) < 4.78 is 0. The van der Waals surface area contributed by atoms with Crippen molar-refractivity contribution >= 4 is 23.1 Å². The lowest BCUT2D eigenvalue weighted by molar-refractivity contribution is 0.460. The second-order valence-corrected chi connectivity index (χ2v) is 9.39. The lowest BCUT2D eigenvalue weighted by Gasteiger charge is -2.26. The lowest BCUT2D eigenvalue weighted by Crippen LogP contribution is -2.23. The largest absolute Gasteiger partial charge is 0.351 e. The predicted molar refractivity (Wildman–Crippen MR) is 123 cm³/mol. The van der Waals surface area contributed by atoms with E-state index in [1.165, 1.54) is 49.0 Å². The van der Waals surface area contributed by atoms with E-state index in [1.54, 1.807) is 0 Å². The summed E-state index contributed by atoms with van der Waals surface area (Å²) in [7, 11) is 0. The number of allylic oxidation sites excluding steroid dienone is 1. The van der Waals surface area contributed by atoms with Gasteiger partial charge in [-0.05, 0) is 49.7 Å². The number of nitrogens with one attached hydrogen (secondary N) is 1. The van der Waals surface area contributed by atoms with Gasteiger partial charge in [0.05, 0.1) is 5.69 Å². The molecule has 1 atom stereocenters. The average molecular weight is 402 g/mol. The van der Waals surface area contributed by atoms with Gasteiger partial charge in [-0.3, -0.25) is 0 Å². The van der Waals surface area contributed by atoms with Gasteiger partial charge >= 0.3 is 0 Å². The minimum absolute atomic E-state index is 0.477. The molecule has 0 aromatic carbocycles. The van der Waals surface area contributed by atoms with Crippen molar-refractivity contribution in [2.75, 3.05) is 5.32 Å². The first-order valence-electron chi connectivity index (χ1n) is 11.5. The summed E-state index contributed by atoms with van der Waals surface area (Å²) in [5, 5.41) is 3.56. The summed E-state index contributed by atoms with van der Waals surface area (Å²) in [6.45, 7) is 6.69. The molecule has 0 saturated heterocycles. The van der Waals surface area contributed by atoms with Crippen LogP contribution in [0.4, 0.5) is 11.8 Å².